The van der Waals surface area contributed by atoms with Crippen LogP contribution < -0.4 is 10.1 Å². The highest BCUT2D eigenvalue weighted by Gasteiger charge is 2.46. The zero-order chi connectivity index (χ0) is 30.0. The van der Waals surface area contributed by atoms with E-state index < -0.39 is 29.7 Å². The summed E-state index contributed by atoms with van der Waals surface area (Å²) in [6, 6.07) is 3.52. The lowest BCUT2D eigenvalue weighted by atomic mass is 10.0. The summed E-state index contributed by atoms with van der Waals surface area (Å²) in [5, 5.41) is 2.17. The van der Waals surface area contributed by atoms with Crippen LogP contribution in [0.3, 0.4) is 0 Å². The Kier molecular flexibility index (Phi) is 11.8. The number of unbranched alkanes of at least 4 members (excludes halogenated alkanes) is 7. The zero-order valence-electron chi connectivity index (χ0n) is 24.4. The Labute approximate surface area is 241 Å². The van der Waals surface area contributed by atoms with Gasteiger partial charge in [0.2, 0.25) is 11.8 Å². The number of ketones is 2. The highest BCUT2D eigenvalue weighted by Crippen LogP contribution is 2.33. The van der Waals surface area contributed by atoms with Gasteiger partial charge in [-0.15, -0.1) is 0 Å². The number of imide groups is 2. The highest BCUT2D eigenvalue weighted by atomic mass is 16.5. The average Bonchev–Trinajstić information content (AvgIpc) is 3.17. The quantitative estimate of drug-likeness (QED) is 0.216. The molecule has 0 saturated carbocycles. The Hall–Kier alpha value is -3.40. The van der Waals surface area contributed by atoms with E-state index in [9.17, 15) is 28.8 Å². The Bertz CT molecular complexity index is 1150. The molecular weight excluding hydrogens is 528 g/mol. The van der Waals surface area contributed by atoms with Gasteiger partial charge in [0.15, 0.2) is 11.6 Å². The van der Waals surface area contributed by atoms with Crippen LogP contribution in [0.15, 0.2) is 18.2 Å². The fourth-order valence-corrected chi connectivity index (χ4v) is 4.91. The molecular formula is C31H42N2O8. The van der Waals surface area contributed by atoms with Crippen molar-refractivity contribution < 1.29 is 38.2 Å². The number of nitrogens with one attached hydrogen (secondary N) is 1. The van der Waals surface area contributed by atoms with Gasteiger partial charge in [-0.1, -0.05) is 44.6 Å². The van der Waals surface area contributed by atoms with Gasteiger partial charge in [0, 0.05) is 19.3 Å². The molecule has 1 unspecified atom stereocenters. The van der Waals surface area contributed by atoms with Crippen LogP contribution in [0, 0.1) is 0 Å². The van der Waals surface area contributed by atoms with Crippen molar-refractivity contribution in [3.8, 4) is 5.75 Å². The maximum atomic E-state index is 13.1. The topological polar surface area (TPSA) is 136 Å². The van der Waals surface area contributed by atoms with Gasteiger partial charge in [-0.2, -0.15) is 0 Å². The minimum Gasteiger partial charge on any atom is -0.485 e. The predicted molar refractivity (Wildman–Crippen MR) is 150 cm³/mol. The Morgan fingerprint density at radius 3 is 2.02 bits per heavy atom. The molecule has 1 fully saturated rings. The lowest BCUT2D eigenvalue weighted by Gasteiger charge is -2.27. The molecule has 2 heterocycles. The fourth-order valence-electron chi connectivity index (χ4n) is 4.91. The number of hydrogen-bond donors (Lipinski definition) is 1. The number of fused-ring (bicyclic) bond motifs is 1. The fraction of sp³-hybridized carbons (Fsp3) is 0.613. The van der Waals surface area contributed by atoms with Crippen LogP contribution in [0.4, 0.5) is 0 Å². The van der Waals surface area contributed by atoms with Crippen molar-refractivity contribution in [1.82, 2.24) is 10.2 Å². The molecule has 0 bridgehead atoms. The first kappa shape index (κ1) is 32.1. The van der Waals surface area contributed by atoms with E-state index in [1.54, 1.807) is 6.07 Å². The number of Topliss-reactive ketones (excluding diaryl/α,β-unsaturated/α-hetero) is 2. The highest BCUT2D eigenvalue weighted by molar-refractivity contribution is 6.24. The number of hydrogen-bond acceptors (Lipinski definition) is 8. The van der Waals surface area contributed by atoms with Crippen molar-refractivity contribution in [3.05, 3.63) is 29.3 Å². The summed E-state index contributed by atoms with van der Waals surface area (Å²) in [5.74, 6) is -2.21. The molecule has 1 N–H and O–H groups in total. The number of carbonyl (C=O) groups excluding carboxylic acids is 6. The van der Waals surface area contributed by atoms with Gasteiger partial charge < -0.3 is 9.47 Å². The zero-order valence-corrected chi connectivity index (χ0v) is 24.4. The summed E-state index contributed by atoms with van der Waals surface area (Å²) < 4.78 is 11.2. The molecule has 0 radical (unpaired) electrons. The second-order valence-corrected chi connectivity index (χ2v) is 11.7. The largest absolute Gasteiger partial charge is 0.485 e. The average molecular weight is 571 g/mol. The summed E-state index contributed by atoms with van der Waals surface area (Å²) in [6.45, 7) is 5.79. The van der Waals surface area contributed by atoms with Gasteiger partial charge in [0.25, 0.3) is 11.8 Å². The molecule has 2 aliphatic rings. The lowest BCUT2D eigenvalue weighted by Crippen LogP contribution is -2.54. The molecule has 2 aliphatic heterocycles. The Morgan fingerprint density at radius 2 is 1.44 bits per heavy atom. The third-order valence-corrected chi connectivity index (χ3v) is 7.15. The van der Waals surface area contributed by atoms with Crippen LogP contribution in [0.5, 0.6) is 5.75 Å². The normalized spacial score (nSPS) is 17.0. The SMILES string of the molecule is CC(C)(C)OCC(=O)CCCCCCCCCCC(=O)COc1cccc2c1C(=O)N(C1CCC(=O)NC1=O)C2=O. The van der Waals surface area contributed by atoms with Crippen LogP contribution in [-0.2, 0) is 23.9 Å². The molecule has 0 aliphatic carbocycles. The van der Waals surface area contributed by atoms with Crippen molar-refractivity contribution in [2.24, 2.45) is 0 Å². The van der Waals surface area contributed by atoms with Crippen molar-refractivity contribution >= 4 is 35.2 Å². The third-order valence-electron chi connectivity index (χ3n) is 7.15. The molecule has 1 aromatic carbocycles. The second kappa shape index (κ2) is 15.0. The van der Waals surface area contributed by atoms with Crippen LogP contribution >= 0.6 is 0 Å². The van der Waals surface area contributed by atoms with E-state index in [1.165, 1.54) is 12.1 Å². The molecule has 1 saturated heterocycles. The van der Waals surface area contributed by atoms with Crippen molar-refractivity contribution in [1.29, 1.82) is 0 Å². The lowest BCUT2D eigenvalue weighted by molar-refractivity contribution is -0.136. The number of nitrogens with zero attached hydrogens (tertiary/aromatic N) is 1. The molecule has 10 heteroatoms. The van der Waals surface area contributed by atoms with Gasteiger partial charge in [-0.3, -0.25) is 39.0 Å². The van der Waals surface area contributed by atoms with Crippen molar-refractivity contribution in [2.75, 3.05) is 13.2 Å². The summed E-state index contributed by atoms with van der Waals surface area (Å²) in [4.78, 5) is 74.8. The van der Waals surface area contributed by atoms with Crippen molar-refractivity contribution in [3.63, 3.8) is 0 Å². The molecule has 10 nitrogen and oxygen atoms in total. The van der Waals surface area contributed by atoms with Crippen LogP contribution in [0.1, 0.15) is 119 Å². The number of piperidine rings is 1. The smallest absolute Gasteiger partial charge is 0.266 e. The Morgan fingerprint density at radius 1 is 0.854 bits per heavy atom. The first-order valence-electron chi connectivity index (χ1n) is 14.6. The maximum Gasteiger partial charge on any atom is 0.266 e. The summed E-state index contributed by atoms with van der Waals surface area (Å²) in [6.07, 6.45) is 8.94. The number of carbonyl (C=O) groups is 6. The van der Waals surface area contributed by atoms with Gasteiger partial charge in [-0.05, 0) is 52.2 Å². The molecule has 0 spiro atoms. The molecule has 224 valence electrons. The second-order valence-electron chi connectivity index (χ2n) is 11.7. The first-order chi connectivity index (χ1) is 19.5. The van der Waals surface area contributed by atoms with Crippen LogP contribution in [0.25, 0.3) is 0 Å². The monoisotopic (exact) mass is 570 g/mol. The summed E-state index contributed by atoms with van der Waals surface area (Å²) in [5.41, 5.74) is -0.135. The van der Waals surface area contributed by atoms with E-state index in [1.807, 2.05) is 20.8 Å². The van der Waals surface area contributed by atoms with Gasteiger partial charge in [0.05, 0.1) is 16.7 Å². The summed E-state index contributed by atoms with van der Waals surface area (Å²) >= 11 is 0. The molecule has 1 aromatic rings. The molecule has 0 aromatic heterocycles. The molecule has 3 rings (SSSR count). The Balaban J connectivity index is 1.30. The van der Waals surface area contributed by atoms with Gasteiger partial charge in [-0.25, -0.2) is 0 Å². The number of ether oxygens (including phenoxy) is 2. The minimum absolute atomic E-state index is 0.0395. The van der Waals surface area contributed by atoms with E-state index in [4.69, 9.17) is 9.47 Å². The van der Waals surface area contributed by atoms with E-state index in [0.29, 0.717) is 12.8 Å². The molecule has 1 atom stereocenters. The number of amides is 4. The van der Waals surface area contributed by atoms with E-state index >= 15 is 0 Å². The minimum atomic E-state index is -1.06. The van der Waals surface area contributed by atoms with E-state index in [2.05, 4.69) is 5.32 Å². The maximum absolute atomic E-state index is 13.1. The van der Waals surface area contributed by atoms with E-state index in [-0.39, 0.29) is 60.1 Å². The molecule has 41 heavy (non-hydrogen) atoms. The summed E-state index contributed by atoms with van der Waals surface area (Å²) in [7, 11) is 0. The first-order valence-corrected chi connectivity index (χ1v) is 14.6. The standard InChI is InChI=1S/C31H42N2O8/c1-31(2,3)41-20-22(35)14-11-9-7-5-4-6-8-10-13-21(34)19-40-25-16-12-15-23-27(25)30(39)33(29(23)38)24-17-18-26(36)32-28(24)37/h12,15-16,24H,4-11,13-14,17-20H2,1-3H3,(H,32,36,37). The van der Waals surface area contributed by atoms with Gasteiger partial charge in [0.1, 0.15) is 25.0 Å². The predicted octanol–water partition coefficient (Wildman–Crippen LogP) is 4.32. The van der Waals surface area contributed by atoms with Crippen LogP contribution in [-0.4, -0.2) is 65.0 Å². The number of benzene rings is 1. The van der Waals surface area contributed by atoms with Crippen LogP contribution in [0.2, 0.25) is 0 Å². The van der Waals surface area contributed by atoms with Crippen molar-refractivity contribution in [2.45, 2.75) is 109 Å². The number of rotatable bonds is 17. The third kappa shape index (κ3) is 9.59. The van der Waals surface area contributed by atoms with E-state index in [0.717, 1.165) is 56.3 Å². The molecule has 4 amide bonds. The van der Waals surface area contributed by atoms with Gasteiger partial charge >= 0.3 is 0 Å².